The number of para-hydroxylation sites is 1. The number of hydrogen-bond acceptors (Lipinski definition) is 3. The van der Waals surface area contributed by atoms with E-state index in [4.69, 9.17) is 4.74 Å². The Bertz CT molecular complexity index is 894. The average Bonchev–Trinajstić information content (AvgIpc) is 2.74. The first-order valence-corrected chi connectivity index (χ1v) is 10.5. The van der Waals surface area contributed by atoms with Crippen LogP contribution >= 0.6 is 11.8 Å². The highest BCUT2D eigenvalue weighted by Crippen LogP contribution is 2.23. The van der Waals surface area contributed by atoms with Crippen molar-refractivity contribution >= 4 is 23.4 Å². The molecule has 0 aliphatic carbocycles. The molecule has 0 bridgehead atoms. The summed E-state index contributed by atoms with van der Waals surface area (Å²) in [5.74, 6) is 1.50. The van der Waals surface area contributed by atoms with Crippen LogP contribution in [0.25, 0.3) is 0 Å². The van der Waals surface area contributed by atoms with Gasteiger partial charge in [0.15, 0.2) is 6.10 Å². The zero-order chi connectivity index (χ0) is 19.8. The number of anilines is 1. The molecule has 28 heavy (non-hydrogen) atoms. The zero-order valence-corrected chi connectivity index (χ0v) is 17.0. The molecule has 144 valence electrons. The van der Waals surface area contributed by atoms with E-state index in [9.17, 15) is 4.79 Å². The zero-order valence-electron chi connectivity index (χ0n) is 16.2. The number of carbonyl (C=O) groups is 1. The Hall–Kier alpha value is -2.72. The molecule has 0 aliphatic heterocycles. The standard InChI is InChI=1S/C24H25NO2S/c1-3-20-9-7-8-12-23(20)27-18(2)24(26)25-21-15-13-19(14-16-21)17-28-22-10-5-4-6-11-22/h4-16,18H,3,17H2,1-2H3,(H,25,26)/t18-/m1/s1. The van der Waals surface area contributed by atoms with E-state index in [1.54, 1.807) is 18.7 Å². The number of amides is 1. The Morgan fingerprint density at radius 1 is 0.964 bits per heavy atom. The van der Waals surface area contributed by atoms with Crippen LogP contribution in [0.4, 0.5) is 5.69 Å². The Kier molecular flexibility index (Phi) is 7.15. The van der Waals surface area contributed by atoms with Crippen LogP contribution in [0.1, 0.15) is 25.0 Å². The van der Waals surface area contributed by atoms with E-state index in [1.807, 2.05) is 66.7 Å². The number of benzene rings is 3. The molecule has 0 fully saturated rings. The Balaban J connectivity index is 1.53. The van der Waals surface area contributed by atoms with Gasteiger partial charge in [0.05, 0.1) is 0 Å². The minimum absolute atomic E-state index is 0.155. The highest BCUT2D eigenvalue weighted by atomic mass is 32.2. The maximum atomic E-state index is 12.5. The smallest absolute Gasteiger partial charge is 0.265 e. The van der Waals surface area contributed by atoms with Crippen molar-refractivity contribution in [2.24, 2.45) is 0 Å². The van der Waals surface area contributed by atoms with Crippen LogP contribution in [0.3, 0.4) is 0 Å². The van der Waals surface area contributed by atoms with Crippen molar-refractivity contribution in [3.8, 4) is 5.75 Å². The fraction of sp³-hybridized carbons (Fsp3) is 0.208. The van der Waals surface area contributed by atoms with Gasteiger partial charge in [0.25, 0.3) is 5.91 Å². The molecule has 4 heteroatoms. The number of ether oxygens (including phenoxy) is 1. The van der Waals surface area contributed by atoms with Gasteiger partial charge in [0.1, 0.15) is 5.75 Å². The molecule has 0 heterocycles. The minimum atomic E-state index is -0.569. The quantitative estimate of drug-likeness (QED) is 0.482. The number of rotatable bonds is 8. The molecule has 1 amide bonds. The molecular formula is C24H25NO2S. The topological polar surface area (TPSA) is 38.3 Å². The van der Waals surface area contributed by atoms with Gasteiger partial charge in [-0.15, -0.1) is 11.8 Å². The number of hydrogen-bond donors (Lipinski definition) is 1. The van der Waals surface area contributed by atoms with Gasteiger partial charge in [-0.05, 0) is 54.8 Å². The van der Waals surface area contributed by atoms with Crippen LogP contribution in [-0.2, 0) is 17.0 Å². The summed E-state index contributed by atoms with van der Waals surface area (Å²) in [5.41, 5.74) is 3.09. The highest BCUT2D eigenvalue weighted by molar-refractivity contribution is 7.98. The van der Waals surface area contributed by atoms with Gasteiger partial charge in [-0.25, -0.2) is 0 Å². The Labute approximate surface area is 171 Å². The van der Waals surface area contributed by atoms with Gasteiger partial charge in [-0.3, -0.25) is 4.79 Å². The predicted molar refractivity (Wildman–Crippen MR) is 117 cm³/mol. The lowest BCUT2D eigenvalue weighted by Crippen LogP contribution is -2.30. The van der Waals surface area contributed by atoms with E-state index in [1.165, 1.54) is 10.5 Å². The molecule has 0 spiro atoms. The molecule has 3 aromatic rings. The third-order valence-corrected chi connectivity index (χ3v) is 5.48. The van der Waals surface area contributed by atoms with Gasteiger partial charge in [-0.2, -0.15) is 0 Å². The Morgan fingerprint density at radius 2 is 1.64 bits per heavy atom. The number of nitrogens with one attached hydrogen (secondary N) is 1. The summed E-state index contributed by atoms with van der Waals surface area (Å²) >= 11 is 1.80. The third kappa shape index (κ3) is 5.64. The summed E-state index contributed by atoms with van der Waals surface area (Å²) < 4.78 is 5.87. The van der Waals surface area contributed by atoms with Crippen LogP contribution in [0.2, 0.25) is 0 Å². The fourth-order valence-corrected chi connectivity index (χ4v) is 3.64. The van der Waals surface area contributed by atoms with Crippen LogP contribution < -0.4 is 10.1 Å². The van der Waals surface area contributed by atoms with Crippen LogP contribution in [0.15, 0.2) is 83.8 Å². The second-order valence-corrected chi connectivity index (χ2v) is 7.56. The van der Waals surface area contributed by atoms with Crippen molar-refractivity contribution in [3.63, 3.8) is 0 Å². The largest absolute Gasteiger partial charge is 0.481 e. The molecule has 3 rings (SSSR count). The first-order valence-electron chi connectivity index (χ1n) is 9.48. The first kappa shape index (κ1) is 20.0. The number of aryl methyl sites for hydroxylation is 1. The summed E-state index contributed by atoms with van der Waals surface area (Å²) in [4.78, 5) is 13.7. The van der Waals surface area contributed by atoms with E-state index in [2.05, 4.69) is 24.4 Å². The molecule has 0 aromatic heterocycles. The highest BCUT2D eigenvalue weighted by Gasteiger charge is 2.16. The lowest BCUT2D eigenvalue weighted by Gasteiger charge is -2.17. The van der Waals surface area contributed by atoms with E-state index < -0.39 is 6.10 Å². The van der Waals surface area contributed by atoms with Crippen molar-refractivity contribution < 1.29 is 9.53 Å². The molecule has 0 aliphatic rings. The molecule has 3 nitrogen and oxygen atoms in total. The molecule has 3 aromatic carbocycles. The molecule has 0 unspecified atom stereocenters. The predicted octanol–water partition coefficient (Wildman–Crippen LogP) is 5.95. The second kappa shape index (κ2) is 10.00. The van der Waals surface area contributed by atoms with Crippen molar-refractivity contribution in [1.82, 2.24) is 0 Å². The maximum absolute atomic E-state index is 12.5. The summed E-state index contributed by atoms with van der Waals surface area (Å²) in [6.07, 6.45) is 0.300. The van der Waals surface area contributed by atoms with E-state index >= 15 is 0 Å². The average molecular weight is 392 g/mol. The number of carbonyl (C=O) groups excluding carboxylic acids is 1. The van der Waals surface area contributed by atoms with Crippen molar-refractivity contribution in [1.29, 1.82) is 0 Å². The number of thioether (sulfide) groups is 1. The third-order valence-electron chi connectivity index (χ3n) is 4.40. The van der Waals surface area contributed by atoms with Gasteiger partial charge in [-0.1, -0.05) is 55.5 Å². The monoisotopic (exact) mass is 391 g/mol. The van der Waals surface area contributed by atoms with Gasteiger partial charge in [0, 0.05) is 16.3 Å². The normalized spacial score (nSPS) is 11.6. The van der Waals surface area contributed by atoms with Crippen LogP contribution in [-0.4, -0.2) is 12.0 Å². The second-order valence-electron chi connectivity index (χ2n) is 6.51. The van der Waals surface area contributed by atoms with Crippen LogP contribution in [0, 0.1) is 0 Å². The summed E-state index contributed by atoms with van der Waals surface area (Å²) in [6, 6.07) is 26.1. The van der Waals surface area contributed by atoms with E-state index in [0.717, 1.165) is 29.2 Å². The summed E-state index contributed by atoms with van der Waals surface area (Å²) in [7, 11) is 0. The maximum Gasteiger partial charge on any atom is 0.265 e. The lowest BCUT2D eigenvalue weighted by molar-refractivity contribution is -0.122. The molecule has 0 saturated heterocycles. The first-order chi connectivity index (χ1) is 13.7. The molecule has 0 radical (unpaired) electrons. The lowest BCUT2D eigenvalue weighted by atomic mass is 10.1. The summed E-state index contributed by atoms with van der Waals surface area (Å²) in [5, 5.41) is 2.93. The summed E-state index contributed by atoms with van der Waals surface area (Å²) in [6.45, 7) is 3.84. The SMILES string of the molecule is CCc1ccccc1O[C@H](C)C(=O)Nc1ccc(CSc2ccccc2)cc1. The molecule has 0 saturated carbocycles. The van der Waals surface area contributed by atoms with Crippen molar-refractivity contribution in [2.75, 3.05) is 5.32 Å². The van der Waals surface area contributed by atoms with E-state index in [-0.39, 0.29) is 5.91 Å². The van der Waals surface area contributed by atoms with Crippen molar-refractivity contribution in [2.45, 2.75) is 37.0 Å². The Morgan fingerprint density at radius 3 is 2.36 bits per heavy atom. The molecular weight excluding hydrogens is 366 g/mol. The fourth-order valence-electron chi connectivity index (χ4n) is 2.77. The minimum Gasteiger partial charge on any atom is -0.481 e. The van der Waals surface area contributed by atoms with Gasteiger partial charge < -0.3 is 10.1 Å². The van der Waals surface area contributed by atoms with Gasteiger partial charge >= 0.3 is 0 Å². The van der Waals surface area contributed by atoms with E-state index in [0.29, 0.717) is 0 Å². The molecule has 1 atom stereocenters. The molecule has 1 N–H and O–H groups in total. The van der Waals surface area contributed by atoms with Gasteiger partial charge in [0.2, 0.25) is 0 Å². The van der Waals surface area contributed by atoms with Crippen LogP contribution in [0.5, 0.6) is 5.75 Å². The van der Waals surface area contributed by atoms with Crippen molar-refractivity contribution in [3.05, 3.63) is 90.0 Å².